The maximum atomic E-state index is 12.7. The Bertz CT molecular complexity index is 804. The molecule has 6 nitrogen and oxygen atoms in total. The molecule has 116 valence electrons. The highest BCUT2D eigenvalue weighted by Crippen LogP contribution is 2.26. The normalized spacial score (nSPS) is 15.3. The number of amides is 1. The Kier molecular flexibility index (Phi) is 3.62. The molecule has 0 saturated carbocycles. The van der Waals surface area contributed by atoms with Crippen molar-refractivity contribution < 1.29 is 13.9 Å². The number of anilines is 1. The quantitative estimate of drug-likeness (QED) is 0.905. The van der Waals surface area contributed by atoms with Crippen LogP contribution in [-0.4, -0.2) is 32.2 Å². The number of hydrogen-bond donors (Lipinski definition) is 1. The number of morpholine rings is 1. The highest BCUT2D eigenvalue weighted by atomic mass is 16.5. The summed E-state index contributed by atoms with van der Waals surface area (Å²) in [6.07, 6.45) is 0. The molecular formula is C16H18N2O4. The molecule has 2 N–H and O–H groups in total. The largest absolute Gasteiger partial charge is 0.440 e. The van der Waals surface area contributed by atoms with Crippen LogP contribution in [-0.2, 0) is 4.74 Å². The third kappa shape index (κ3) is 2.25. The van der Waals surface area contributed by atoms with Gasteiger partial charge in [0.1, 0.15) is 5.58 Å². The topological polar surface area (TPSA) is 85.8 Å². The molecule has 6 heteroatoms. The van der Waals surface area contributed by atoms with Crippen molar-refractivity contribution in [1.82, 2.24) is 0 Å². The molecule has 0 spiro atoms. The standard InChI is InChI=1S/C16H18N2O4/c1-9-11(15(17)20)3-4-12-13(9)14(19)10(2)16(22-12)18-5-7-21-8-6-18/h3-4H,5-8H2,1-2H3,(H2,17,20). The summed E-state index contributed by atoms with van der Waals surface area (Å²) in [5, 5.41) is 0.422. The molecule has 0 unspecified atom stereocenters. The third-order valence-electron chi connectivity index (χ3n) is 4.09. The van der Waals surface area contributed by atoms with Crippen LogP contribution in [0.15, 0.2) is 21.3 Å². The van der Waals surface area contributed by atoms with Crippen LogP contribution in [0.3, 0.4) is 0 Å². The van der Waals surface area contributed by atoms with Crippen LogP contribution >= 0.6 is 0 Å². The minimum absolute atomic E-state index is 0.122. The lowest BCUT2D eigenvalue weighted by atomic mass is 10.0. The van der Waals surface area contributed by atoms with Gasteiger partial charge >= 0.3 is 0 Å². The van der Waals surface area contributed by atoms with Crippen LogP contribution in [0.2, 0.25) is 0 Å². The van der Waals surface area contributed by atoms with Crippen molar-refractivity contribution in [1.29, 1.82) is 0 Å². The first kappa shape index (κ1) is 14.6. The Balaban J connectivity index is 2.23. The molecule has 1 aliphatic rings. The summed E-state index contributed by atoms with van der Waals surface area (Å²) >= 11 is 0. The first-order valence-electron chi connectivity index (χ1n) is 7.20. The zero-order chi connectivity index (χ0) is 15.9. The summed E-state index contributed by atoms with van der Waals surface area (Å²) in [6, 6.07) is 3.23. The molecule has 3 rings (SSSR count). The maximum Gasteiger partial charge on any atom is 0.248 e. The molecule has 1 aliphatic heterocycles. The van der Waals surface area contributed by atoms with Crippen molar-refractivity contribution >= 4 is 22.8 Å². The Morgan fingerprint density at radius 2 is 1.86 bits per heavy atom. The van der Waals surface area contributed by atoms with Gasteiger partial charge in [0.15, 0.2) is 5.43 Å². The molecule has 1 aromatic carbocycles. The smallest absolute Gasteiger partial charge is 0.248 e. The number of primary amides is 1. The lowest BCUT2D eigenvalue weighted by Gasteiger charge is -2.28. The Morgan fingerprint density at radius 3 is 2.50 bits per heavy atom. The molecule has 2 heterocycles. The van der Waals surface area contributed by atoms with Crippen molar-refractivity contribution in [3.05, 3.63) is 39.0 Å². The lowest BCUT2D eigenvalue weighted by molar-refractivity contribution is 0.1000. The van der Waals surface area contributed by atoms with E-state index in [9.17, 15) is 9.59 Å². The maximum absolute atomic E-state index is 12.7. The lowest BCUT2D eigenvalue weighted by Crippen LogP contribution is -2.37. The molecule has 1 aromatic heterocycles. The number of aryl methyl sites for hydroxylation is 1. The fraction of sp³-hybridized carbons (Fsp3) is 0.375. The van der Waals surface area contributed by atoms with E-state index < -0.39 is 5.91 Å². The monoisotopic (exact) mass is 302 g/mol. The molecule has 0 atom stereocenters. The summed E-state index contributed by atoms with van der Waals surface area (Å²) in [4.78, 5) is 26.2. The van der Waals surface area contributed by atoms with E-state index >= 15 is 0 Å². The minimum Gasteiger partial charge on any atom is -0.440 e. The van der Waals surface area contributed by atoms with Crippen molar-refractivity contribution in [3.8, 4) is 0 Å². The average molecular weight is 302 g/mol. The van der Waals surface area contributed by atoms with E-state index in [0.29, 0.717) is 59.8 Å². The highest BCUT2D eigenvalue weighted by Gasteiger charge is 2.21. The fourth-order valence-electron chi connectivity index (χ4n) is 2.85. The zero-order valence-electron chi connectivity index (χ0n) is 12.6. The molecule has 1 fully saturated rings. The molecule has 0 bridgehead atoms. The van der Waals surface area contributed by atoms with Gasteiger partial charge < -0.3 is 19.8 Å². The predicted octanol–water partition coefficient (Wildman–Crippen LogP) is 1.35. The van der Waals surface area contributed by atoms with Gasteiger partial charge in [0.25, 0.3) is 0 Å². The van der Waals surface area contributed by atoms with Crippen molar-refractivity contribution in [2.45, 2.75) is 13.8 Å². The van der Waals surface area contributed by atoms with E-state index in [1.807, 2.05) is 4.90 Å². The van der Waals surface area contributed by atoms with Gasteiger partial charge in [-0.15, -0.1) is 0 Å². The second-order valence-corrected chi connectivity index (χ2v) is 5.44. The molecule has 0 radical (unpaired) electrons. The SMILES string of the molecule is Cc1c(N2CCOCC2)oc2ccc(C(N)=O)c(C)c2c1=O. The van der Waals surface area contributed by atoms with Gasteiger partial charge in [-0.05, 0) is 31.5 Å². The zero-order valence-corrected chi connectivity index (χ0v) is 12.6. The van der Waals surface area contributed by atoms with Crippen molar-refractivity contribution in [2.24, 2.45) is 5.73 Å². The minimum atomic E-state index is -0.547. The van der Waals surface area contributed by atoms with Gasteiger partial charge in [-0.3, -0.25) is 9.59 Å². The Labute approximate surface area is 127 Å². The summed E-state index contributed by atoms with van der Waals surface area (Å²) in [7, 11) is 0. The second-order valence-electron chi connectivity index (χ2n) is 5.44. The Morgan fingerprint density at radius 1 is 1.18 bits per heavy atom. The van der Waals surface area contributed by atoms with Crippen LogP contribution in [0.25, 0.3) is 11.0 Å². The number of nitrogens with zero attached hydrogens (tertiary/aromatic N) is 1. The number of benzene rings is 1. The van der Waals surface area contributed by atoms with Crippen molar-refractivity contribution in [2.75, 3.05) is 31.2 Å². The summed E-state index contributed by atoms with van der Waals surface area (Å²) in [6.45, 7) is 6.06. The van der Waals surface area contributed by atoms with Gasteiger partial charge in [-0.2, -0.15) is 0 Å². The van der Waals surface area contributed by atoms with Crippen LogP contribution in [0.5, 0.6) is 0 Å². The van der Waals surface area contributed by atoms with E-state index in [0.717, 1.165) is 0 Å². The van der Waals surface area contributed by atoms with Crippen LogP contribution in [0, 0.1) is 13.8 Å². The summed E-state index contributed by atoms with van der Waals surface area (Å²) in [5.41, 5.74) is 7.15. The highest BCUT2D eigenvalue weighted by molar-refractivity contribution is 5.99. The number of fused-ring (bicyclic) bond motifs is 1. The van der Waals surface area contributed by atoms with E-state index in [1.54, 1.807) is 26.0 Å². The molecule has 0 aliphatic carbocycles. The van der Waals surface area contributed by atoms with Crippen LogP contribution in [0.4, 0.5) is 5.88 Å². The predicted molar refractivity (Wildman–Crippen MR) is 83.5 cm³/mol. The number of ether oxygens (including phenoxy) is 1. The second kappa shape index (κ2) is 5.46. The van der Waals surface area contributed by atoms with Gasteiger partial charge in [-0.25, -0.2) is 0 Å². The first-order valence-corrected chi connectivity index (χ1v) is 7.20. The van der Waals surface area contributed by atoms with E-state index in [1.165, 1.54) is 0 Å². The molecule has 1 amide bonds. The van der Waals surface area contributed by atoms with E-state index in [-0.39, 0.29) is 5.43 Å². The number of nitrogens with two attached hydrogens (primary N) is 1. The summed E-state index contributed by atoms with van der Waals surface area (Å²) in [5.74, 6) is 0.0285. The van der Waals surface area contributed by atoms with Gasteiger partial charge in [0.2, 0.25) is 11.8 Å². The van der Waals surface area contributed by atoms with Crippen molar-refractivity contribution in [3.63, 3.8) is 0 Å². The van der Waals surface area contributed by atoms with Gasteiger partial charge in [-0.1, -0.05) is 0 Å². The van der Waals surface area contributed by atoms with Crippen LogP contribution in [0.1, 0.15) is 21.5 Å². The Hall–Kier alpha value is -2.34. The fourth-order valence-corrected chi connectivity index (χ4v) is 2.85. The number of carbonyl (C=O) groups excluding carboxylic acids is 1. The van der Waals surface area contributed by atoms with Gasteiger partial charge in [0.05, 0.1) is 24.2 Å². The van der Waals surface area contributed by atoms with Crippen LogP contribution < -0.4 is 16.1 Å². The van der Waals surface area contributed by atoms with E-state index in [4.69, 9.17) is 14.9 Å². The molecule has 22 heavy (non-hydrogen) atoms. The average Bonchev–Trinajstić information content (AvgIpc) is 2.51. The third-order valence-corrected chi connectivity index (χ3v) is 4.09. The first-order chi connectivity index (χ1) is 10.5. The van der Waals surface area contributed by atoms with E-state index in [2.05, 4.69) is 0 Å². The number of rotatable bonds is 2. The number of hydrogen-bond acceptors (Lipinski definition) is 5. The van der Waals surface area contributed by atoms with Gasteiger partial charge in [0, 0.05) is 18.7 Å². The number of carbonyl (C=O) groups is 1. The summed E-state index contributed by atoms with van der Waals surface area (Å²) < 4.78 is 11.3. The molecule has 1 saturated heterocycles. The molecule has 2 aromatic rings. The molecular weight excluding hydrogens is 284 g/mol.